The van der Waals surface area contributed by atoms with Crippen LogP contribution in [0.5, 0.6) is 0 Å². The molecular formula is C14H10N2. The van der Waals surface area contributed by atoms with Crippen LogP contribution >= 0.6 is 0 Å². The fraction of sp³-hybridized carbons (Fsp3) is 0. The standard InChI is InChI=1S/C14H10N2/c15-10-13-8-4-5-9-14(13)16-11-12-6-2-1-3-7-12/h1-9,11H. The average Bonchev–Trinajstić information content (AvgIpc) is 2.38. The molecule has 0 bridgehead atoms. The van der Waals surface area contributed by atoms with Crippen LogP contribution in [-0.2, 0) is 0 Å². The molecule has 0 amide bonds. The Hall–Kier alpha value is -2.40. The third kappa shape index (κ3) is 2.34. The molecule has 0 aliphatic carbocycles. The fourth-order valence-corrected chi connectivity index (χ4v) is 1.36. The number of para-hydroxylation sites is 1. The normalized spacial score (nSPS) is 10.2. The van der Waals surface area contributed by atoms with Crippen LogP contribution in [0, 0.1) is 11.3 Å². The molecular weight excluding hydrogens is 196 g/mol. The lowest BCUT2D eigenvalue weighted by atomic mass is 10.2. The zero-order chi connectivity index (χ0) is 11.2. The van der Waals surface area contributed by atoms with Gasteiger partial charge in [0.05, 0.1) is 11.3 Å². The number of nitrogens with zero attached hydrogens (tertiary/aromatic N) is 2. The summed E-state index contributed by atoms with van der Waals surface area (Å²) in [6.45, 7) is 0. The van der Waals surface area contributed by atoms with Gasteiger partial charge in [-0.15, -0.1) is 0 Å². The highest BCUT2D eigenvalue weighted by molar-refractivity contribution is 5.82. The third-order valence-electron chi connectivity index (χ3n) is 2.18. The van der Waals surface area contributed by atoms with Gasteiger partial charge in [-0.3, -0.25) is 4.99 Å². The van der Waals surface area contributed by atoms with Crippen molar-refractivity contribution in [3.63, 3.8) is 0 Å². The molecule has 0 saturated heterocycles. The van der Waals surface area contributed by atoms with Gasteiger partial charge in [0.25, 0.3) is 0 Å². The Morgan fingerprint density at radius 1 is 0.938 bits per heavy atom. The molecule has 0 aromatic heterocycles. The maximum absolute atomic E-state index is 8.89. The van der Waals surface area contributed by atoms with Gasteiger partial charge in [0.15, 0.2) is 0 Å². The van der Waals surface area contributed by atoms with E-state index in [1.807, 2.05) is 48.5 Å². The second-order valence-electron chi connectivity index (χ2n) is 3.30. The molecule has 0 fully saturated rings. The van der Waals surface area contributed by atoms with E-state index in [2.05, 4.69) is 11.1 Å². The first kappa shape index (κ1) is 10.1. The van der Waals surface area contributed by atoms with Crippen molar-refractivity contribution in [2.45, 2.75) is 0 Å². The molecule has 0 N–H and O–H groups in total. The second kappa shape index (κ2) is 4.90. The minimum Gasteiger partial charge on any atom is -0.255 e. The van der Waals surface area contributed by atoms with Crippen molar-refractivity contribution in [2.75, 3.05) is 0 Å². The maximum Gasteiger partial charge on any atom is 0.101 e. The molecule has 0 aliphatic heterocycles. The van der Waals surface area contributed by atoms with E-state index in [1.165, 1.54) is 0 Å². The zero-order valence-electron chi connectivity index (χ0n) is 8.67. The van der Waals surface area contributed by atoms with Crippen LogP contribution in [-0.4, -0.2) is 6.21 Å². The number of benzene rings is 2. The molecule has 2 rings (SSSR count). The highest BCUT2D eigenvalue weighted by Crippen LogP contribution is 2.17. The van der Waals surface area contributed by atoms with Crippen molar-refractivity contribution < 1.29 is 0 Å². The van der Waals surface area contributed by atoms with Crippen LogP contribution in [0.4, 0.5) is 5.69 Å². The average molecular weight is 206 g/mol. The molecule has 0 atom stereocenters. The lowest BCUT2D eigenvalue weighted by Crippen LogP contribution is -1.80. The summed E-state index contributed by atoms with van der Waals surface area (Å²) in [5.41, 5.74) is 2.32. The van der Waals surface area contributed by atoms with Crippen LogP contribution < -0.4 is 0 Å². The lowest BCUT2D eigenvalue weighted by molar-refractivity contribution is 1.44. The molecule has 16 heavy (non-hydrogen) atoms. The lowest BCUT2D eigenvalue weighted by Gasteiger charge is -1.96. The van der Waals surface area contributed by atoms with Gasteiger partial charge in [0, 0.05) is 6.21 Å². The zero-order valence-corrected chi connectivity index (χ0v) is 8.67. The molecule has 76 valence electrons. The first-order valence-corrected chi connectivity index (χ1v) is 4.98. The van der Waals surface area contributed by atoms with Crippen molar-refractivity contribution in [1.29, 1.82) is 5.26 Å². The van der Waals surface area contributed by atoms with Crippen molar-refractivity contribution in [1.82, 2.24) is 0 Å². The number of aliphatic imine (C=N–C) groups is 1. The van der Waals surface area contributed by atoms with Gasteiger partial charge in [0.2, 0.25) is 0 Å². The van der Waals surface area contributed by atoms with Crippen LogP contribution in [0.15, 0.2) is 59.6 Å². The summed E-state index contributed by atoms with van der Waals surface area (Å²) < 4.78 is 0. The quantitative estimate of drug-likeness (QED) is 0.694. The van der Waals surface area contributed by atoms with Crippen LogP contribution in [0.25, 0.3) is 0 Å². The molecule has 0 heterocycles. The minimum atomic E-state index is 0.592. The largest absolute Gasteiger partial charge is 0.255 e. The third-order valence-corrected chi connectivity index (χ3v) is 2.18. The molecule has 0 unspecified atom stereocenters. The molecule has 0 saturated carbocycles. The number of hydrogen-bond donors (Lipinski definition) is 0. The Bertz CT molecular complexity index is 536. The molecule has 0 spiro atoms. The molecule has 2 aromatic rings. The van der Waals surface area contributed by atoms with Crippen LogP contribution in [0.2, 0.25) is 0 Å². The molecule has 0 aliphatic rings. The smallest absolute Gasteiger partial charge is 0.101 e. The topological polar surface area (TPSA) is 36.1 Å². The summed E-state index contributed by atoms with van der Waals surface area (Å²) in [6, 6.07) is 19.2. The predicted molar refractivity (Wildman–Crippen MR) is 64.9 cm³/mol. The number of hydrogen-bond acceptors (Lipinski definition) is 2. The summed E-state index contributed by atoms with van der Waals surface area (Å²) in [7, 11) is 0. The van der Waals surface area contributed by atoms with E-state index in [0.717, 1.165) is 5.56 Å². The van der Waals surface area contributed by atoms with Crippen molar-refractivity contribution >= 4 is 11.9 Å². The number of nitriles is 1. The van der Waals surface area contributed by atoms with E-state index in [1.54, 1.807) is 12.3 Å². The summed E-state index contributed by atoms with van der Waals surface area (Å²) in [5.74, 6) is 0. The first-order chi connectivity index (χ1) is 7.90. The van der Waals surface area contributed by atoms with E-state index < -0.39 is 0 Å². The highest BCUT2D eigenvalue weighted by Gasteiger charge is 1.96. The Morgan fingerprint density at radius 3 is 2.38 bits per heavy atom. The van der Waals surface area contributed by atoms with E-state index >= 15 is 0 Å². The van der Waals surface area contributed by atoms with Crippen LogP contribution in [0.1, 0.15) is 11.1 Å². The summed E-state index contributed by atoms with van der Waals surface area (Å²) >= 11 is 0. The Morgan fingerprint density at radius 2 is 1.62 bits per heavy atom. The first-order valence-electron chi connectivity index (χ1n) is 4.98. The molecule has 2 nitrogen and oxygen atoms in total. The van der Waals surface area contributed by atoms with Gasteiger partial charge in [0.1, 0.15) is 6.07 Å². The van der Waals surface area contributed by atoms with Crippen LogP contribution in [0.3, 0.4) is 0 Å². The summed E-state index contributed by atoms with van der Waals surface area (Å²) in [6.07, 6.45) is 1.76. The highest BCUT2D eigenvalue weighted by atomic mass is 14.7. The Kier molecular flexibility index (Phi) is 3.10. The Balaban J connectivity index is 2.28. The molecule has 2 heteroatoms. The molecule has 0 radical (unpaired) electrons. The van der Waals surface area contributed by atoms with Gasteiger partial charge in [-0.2, -0.15) is 5.26 Å². The van der Waals surface area contributed by atoms with Gasteiger partial charge >= 0.3 is 0 Å². The monoisotopic (exact) mass is 206 g/mol. The van der Waals surface area contributed by atoms with E-state index in [4.69, 9.17) is 5.26 Å². The SMILES string of the molecule is N#Cc1ccccc1N=Cc1ccccc1. The van der Waals surface area contributed by atoms with Crippen molar-refractivity contribution in [3.05, 3.63) is 65.7 Å². The van der Waals surface area contributed by atoms with Crippen molar-refractivity contribution in [3.8, 4) is 6.07 Å². The maximum atomic E-state index is 8.89. The number of rotatable bonds is 2. The Labute approximate surface area is 94.5 Å². The minimum absolute atomic E-state index is 0.592. The van der Waals surface area contributed by atoms with E-state index in [9.17, 15) is 0 Å². The second-order valence-corrected chi connectivity index (χ2v) is 3.30. The van der Waals surface area contributed by atoms with Gasteiger partial charge in [-0.05, 0) is 17.7 Å². The van der Waals surface area contributed by atoms with Gasteiger partial charge in [-0.25, -0.2) is 0 Å². The van der Waals surface area contributed by atoms with E-state index in [0.29, 0.717) is 11.3 Å². The summed E-state index contributed by atoms with van der Waals surface area (Å²) in [4.78, 5) is 4.30. The van der Waals surface area contributed by atoms with E-state index in [-0.39, 0.29) is 0 Å². The molecule has 2 aromatic carbocycles. The van der Waals surface area contributed by atoms with Crippen molar-refractivity contribution in [2.24, 2.45) is 4.99 Å². The predicted octanol–water partition coefficient (Wildman–Crippen LogP) is 3.31. The summed E-state index contributed by atoms with van der Waals surface area (Å²) in [5, 5.41) is 8.89. The van der Waals surface area contributed by atoms with Gasteiger partial charge < -0.3 is 0 Å². The van der Waals surface area contributed by atoms with Gasteiger partial charge in [-0.1, -0.05) is 42.5 Å². The fourth-order valence-electron chi connectivity index (χ4n) is 1.36.